The third kappa shape index (κ3) is 3.47. The third-order valence-electron chi connectivity index (χ3n) is 4.60. The summed E-state index contributed by atoms with van der Waals surface area (Å²) in [6.45, 7) is 0. The van der Waals surface area contributed by atoms with E-state index in [9.17, 15) is 5.11 Å². The molecule has 5 nitrogen and oxygen atoms in total. The zero-order chi connectivity index (χ0) is 16.1. The minimum atomic E-state index is -0.577. The van der Waals surface area contributed by atoms with Crippen molar-refractivity contribution in [2.45, 2.75) is 44.2 Å². The fourth-order valence-corrected chi connectivity index (χ4v) is 3.27. The zero-order valence-electron chi connectivity index (χ0n) is 13.7. The average Bonchev–Trinajstić information content (AvgIpc) is 2.59. The van der Waals surface area contributed by atoms with Gasteiger partial charge in [-0.3, -0.25) is 0 Å². The van der Waals surface area contributed by atoms with E-state index in [0.29, 0.717) is 17.2 Å². The molecule has 2 rings (SSSR count). The molecule has 124 valence electrons. The second-order valence-electron chi connectivity index (χ2n) is 5.86. The maximum Gasteiger partial charge on any atom is 0.164 e. The molecular weight excluding hydrogens is 282 g/mol. The molecule has 0 radical (unpaired) electrons. The van der Waals surface area contributed by atoms with Crippen LogP contribution in [0.15, 0.2) is 12.1 Å². The van der Waals surface area contributed by atoms with Gasteiger partial charge in [0.05, 0.1) is 33.5 Å². The lowest BCUT2D eigenvalue weighted by molar-refractivity contribution is 0.0610. The quantitative estimate of drug-likeness (QED) is 0.845. The van der Waals surface area contributed by atoms with E-state index in [4.69, 9.17) is 19.9 Å². The van der Waals surface area contributed by atoms with E-state index in [1.807, 2.05) is 0 Å². The molecule has 0 unspecified atom stereocenters. The molecule has 1 aliphatic rings. The highest BCUT2D eigenvalue weighted by Gasteiger charge is 2.30. The van der Waals surface area contributed by atoms with Crippen LogP contribution in [-0.4, -0.2) is 32.5 Å². The normalized spacial score (nSPS) is 18.6. The number of hydrogen-bond donors (Lipinski definition) is 2. The van der Waals surface area contributed by atoms with Gasteiger partial charge in [-0.1, -0.05) is 19.3 Å². The summed E-state index contributed by atoms with van der Waals surface area (Å²) in [6, 6.07) is 3.05. The maximum atomic E-state index is 10.7. The summed E-state index contributed by atoms with van der Waals surface area (Å²) in [5.74, 6) is 2.04. The number of benzene rings is 1. The highest BCUT2D eigenvalue weighted by Crippen LogP contribution is 2.40. The van der Waals surface area contributed by atoms with Gasteiger partial charge in [-0.25, -0.2) is 0 Å². The van der Waals surface area contributed by atoms with Gasteiger partial charge >= 0.3 is 0 Å². The summed E-state index contributed by atoms with van der Waals surface area (Å²) in [7, 11) is 4.75. The van der Waals surface area contributed by atoms with Crippen LogP contribution >= 0.6 is 0 Å². The van der Waals surface area contributed by atoms with Gasteiger partial charge in [-0.05, 0) is 24.8 Å². The number of rotatable bonds is 6. The predicted molar refractivity (Wildman–Crippen MR) is 85.6 cm³/mol. The first-order valence-electron chi connectivity index (χ1n) is 7.86. The van der Waals surface area contributed by atoms with Gasteiger partial charge in [0.15, 0.2) is 11.5 Å². The number of aliphatic hydroxyl groups excluding tert-OH is 1. The molecule has 1 aromatic carbocycles. The maximum absolute atomic E-state index is 10.7. The van der Waals surface area contributed by atoms with Crippen molar-refractivity contribution < 1.29 is 19.3 Å². The molecule has 2 atom stereocenters. The van der Waals surface area contributed by atoms with Crippen molar-refractivity contribution in [2.75, 3.05) is 21.3 Å². The van der Waals surface area contributed by atoms with E-state index < -0.39 is 12.1 Å². The second kappa shape index (κ2) is 7.70. The molecule has 3 N–H and O–H groups in total. The van der Waals surface area contributed by atoms with Crippen molar-refractivity contribution in [2.24, 2.45) is 11.7 Å². The highest BCUT2D eigenvalue weighted by atomic mass is 16.5. The van der Waals surface area contributed by atoms with Crippen LogP contribution in [0.2, 0.25) is 0 Å². The first kappa shape index (κ1) is 16.9. The molecule has 0 amide bonds. The van der Waals surface area contributed by atoms with Crippen LogP contribution in [-0.2, 0) is 0 Å². The molecule has 1 fully saturated rings. The van der Waals surface area contributed by atoms with E-state index in [1.165, 1.54) is 6.42 Å². The van der Waals surface area contributed by atoms with Gasteiger partial charge in [0.25, 0.3) is 0 Å². The summed E-state index contributed by atoms with van der Waals surface area (Å²) in [5.41, 5.74) is 7.08. The summed E-state index contributed by atoms with van der Waals surface area (Å²) in [4.78, 5) is 0. The lowest BCUT2D eigenvalue weighted by Gasteiger charge is -2.31. The fraction of sp³-hybridized carbons (Fsp3) is 0.647. The Labute approximate surface area is 132 Å². The Bertz CT molecular complexity index is 486. The molecular formula is C17H27NO4. The van der Waals surface area contributed by atoms with Crippen molar-refractivity contribution in [3.8, 4) is 17.2 Å². The zero-order valence-corrected chi connectivity index (χ0v) is 13.7. The lowest BCUT2D eigenvalue weighted by atomic mass is 9.81. The first-order chi connectivity index (χ1) is 10.6. The molecule has 22 heavy (non-hydrogen) atoms. The highest BCUT2D eigenvalue weighted by molar-refractivity contribution is 5.52. The molecule has 5 heteroatoms. The minimum absolute atomic E-state index is 0.251. The van der Waals surface area contributed by atoms with Gasteiger partial charge in [-0.15, -0.1) is 0 Å². The number of aliphatic hydroxyl groups is 1. The standard InChI is InChI=1S/C17H27NO4/c1-20-13-10-15(22-3)14(21-2)9-12(13)16(18)17(19)11-7-5-4-6-8-11/h9-11,16-17,19H,4-8,18H2,1-3H3/t16-,17+/m0/s1. The van der Waals surface area contributed by atoms with Gasteiger partial charge < -0.3 is 25.1 Å². The van der Waals surface area contributed by atoms with Crippen LogP contribution in [0.1, 0.15) is 43.7 Å². The fourth-order valence-electron chi connectivity index (χ4n) is 3.27. The van der Waals surface area contributed by atoms with Crippen molar-refractivity contribution in [1.82, 2.24) is 0 Å². The first-order valence-corrected chi connectivity index (χ1v) is 7.86. The number of hydrogen-bond acceptors (Lipinski definition) is 5. The van der Waals surface area contributed by atoms with E-state index in [2.05, 4.69) is 0 Å². The Balaban J connectivity index is 2.28. The molecule has 0 aliphatic heterocycles. The van der Waals surface area contributed by atoms with Gasteiger partial charge in [0, 0.05) is 11.6 Å². The molecule has 1 saturated carbocycles. The molecule has 0 saturated heterocycles. The van der Waals surface area contributed by atoms with Crippen LogP contribution in [0.25, 0.3) is 0 Å². The molecule has 0 spiro atoms. The van der Waals surface area contributed by atoms with Crippen molar-refractivity contribution in [1.29, 1.82) is 0 Å². The van der Waals surface area contributed by atoms with E-state index in [1.54, 1.807) is 33.5 Å². The predicted octanol–water partition coefficient (Wildman–Crippen LogP) is 2.65. The second-order valence-corrected chi connectivity index (χ2v) is 5.86. The van der Waals surface area contributed by atoms with E-state index in [-0.39, 0.29) is 5.92 Å². The van der Waals surface area contributed by atoms with Crippen molar-refractivity contribution >= 4 is 0 Å². The molecule has 0 bridgehead atoms. The van der Waals surface area contributed by atoms with E-state index in [0.717, 1.165) is 31.2 Å². The Morgan fingerprint density at radius 3 is 2.05 bits per heavy atom. The third-order valence-corrected chi connectivity index (χ3v) is 4.60. The average molecular weight is 309 g/mol. The van der Waals surface area contributed by atoms with Crippen LogP contribution in [0.5, 0.6) is 17.2 Å². The molecule has 0 aromatic heterocycles. The monoisotopic (exact) mass is 309 g/mol. The minimum Gasteiger partial charge on any atom is -0.496 e. The van der Waals surface area contributed by atoms with Gasteiger partial charge in [-0.2, -0.15) is 0 Å². The van der Waals surface area contributed by atoms with E-state index >= 15 is 0 Å². The van der Waals surface area contributed by atoms with Gasteiger partial charge in [0.2, 0.25) is 0 Å². The Morgan fingerprint density at radius 1 is 0.955 bits per heavy atom. The smallest absolute Gasteiger partial charge is 0.164 e. The number of methoxy groups -OCH3 is 3. The topological polar surface area (TPSA) is 73.9 Å². The van der Waals surface area contributed by atoms with Crippen molar-refractivity contribution in [3.63, 3.8) is 0 Å². The number of ether oxygens (including phenoxy) is 3. The van der Waals surface area contributed by atoms with Crippen LogP contribution in [0.3, 0.4) is 0 Å². The lowest BCUT2D eigenvalue weighted by Crippen LogP contribution is -2.34. The van der Waals surface area contributed by atoms with Crippen LogP contribution < -0.4 is 19.9 Å². The Kier molecular flexibility index (Phi) is 5.91. The number of nitrogens with two attached hydrogens (primary N) is 1. The van der Waals surface area contributed by atoms with Crippen molar-refractivity contribution in [3.05, 3.63) is 17.7 Å². The van der Waals surface area contributed by atoms with Crippen LogP contribution in [0, 0.1) is 5.92 Å². The molecule has 1 aromatic rings. The summed E-state index contributed by atoms with van der Waals surface area (Å²) in [6.07, 6.45) is 5.06. The molecule has 0 heterocycles. The van der Waals surface area contributed by atoms with Gasteiger partial charge in [0.1, 0.15) is 5.75 Å². The largest absolute Gasteiger partial charge is 0.496 e. The molecule has 1 aliphatic carbocycles. The summed E-state index contributed by atoms with van der Waals surface area (Å²) >= 11 is 0. The summed E-state index contributed by atoms with van der Waals surface area (Å²) in [5, 5.41) is 10.7. The Hall–Kier alpha value is -1.46. The van der Waals surface area contributed by atoms with Crippen LogP contribution in [0.4, 0.5) is 0 Å². The summed E-state index contributed by atoms with van der Waals surface area (Å²) < 4.78 is 16.0. The SMILES string of the molecule is COc1cc(OC)c([C@H](N)[C@H](O)C2CCCCC2)cc1OC. The Morgan fingerprint density at radius 2 is 1.50 bits per heavy atom.